The van der Waals surface area contributed by atoms with Crippen molar-refractivity contribution in [2.24, 2.45) is 0 Å². The van der Waals surface area contributed by atoms with Crippen molar-refractivity contribution in [3.8, 4) is 0 Å². The smallest absolute Gasteiger partial charge is 0.356 e. The Morgan fingerprint density at radius 2 is 1.66 bits per heavy atom. The summed E-state index contributed by atoms with van der Waals surface area (Å²) in [6, 6.07) is 18.5. The van der Waals surface area contributed by atoms with Gasteiger partial charge in [-0.05, 0) is 11.1 Å². The molecule has 2 aliphatic rings. The molecular formula is C26H23NO7S. The van der Waals surface area contributed by atoms with Crippen LogP contribution in [0.4, 0.5) is 0 Å². The summed E-state index contributed by atoms with van der Waals surface area (Å²) in [7, 11) is 1.22. The summed E-state index contributed by atoms with van der Waals surface area (Å²) < 4.78 is 15.8. The molecule has 0 radical (unpaired) electrons. The first-order valence-corrected chi connectivity index (χ1v) is 11.9. The zero-order valence-corrected chi connectivity index (χ0v) is 19.9. The highest BCUT2D eigenvalue weighted by atomic mass is 32.2. The predicted octanol–water partition coefficient (Wildman–Crippen LogP) is 3.15. The van der Waals surface area contributed by atoms with Crippen LogP contribution in [0.5, 0.6) is 0 Å². The SMILES string of the molecule is COC(=O)/C=C1/C(=O)N2C(C(=O)OC(c3ccccc3)c3ccccc3)=C(COC(C)=O)CSC12. The molecule has 35 heavy (non-hydrogen) atoms. The van der Waals surface area contributed by atoms with Gasteiger partial charge in [0.2, 0.25) is 0 Å². The fourth-order valence-electron chi connectivity index (χ4n) is 3.83. The monoisotopic (exact) mass is 493 g/mol. The molecule has 1 saturated heterocycles. The van der Waals surface area contributed by atoms with Crippen LogP contribution < -0.4 is 0 Å². The normalized spacial score (nSPS) is 18.1. The Balaban J connectivity index is 1.69. The van der Waals surface area contributed by atoms with Crippen LogP contribution in [0.1, 0.15) is 24.2 Å². The Bertz CT molecular complexity index is 1170. The molecule has 2 heterocycles. The first kappa shape index (κ1) is 24.3. The second-order valence-electron chi connectivity index (χ2n) is 7.80. The van der Waals surface area contributed by atoms with Crippen molar-refractivity contribution >= 4 is 35.6 Å². The summed E-state index contributed by atoms with van der Waals surface area (Å²) in [6.07, 6.45) is 0.412. The van der Waals surface area contributed by atoms with Crippen molar-refractivity contribution in [1.29, 1.82) is 0 Å². The Kier molecular flexibility index (Phi) is 7.36. The van der Waals surface area contributed by atoms with Crippen LogP contribution in [0.25, 0.3) is 0 Å². The van der Waals surface area contributed by atoms with Crippen LogP contribution in [0.3, 0.4) is 0 Å². The van der Waals surface area contributed by atoms with Crippen molar-refractivity contribution in [2.75, 3.05) is 19.5 Å². The first-order chi connectivity index (χ1) is 16.9. The average molecular weight is 494 g/mol. The third-order valence-electron chi connectivity index (χ3n) is 5.50. The van der Waals surface area contributed by atoms with Gasteiger partial charge in [-0.25, -0.2) is 9.59 Å². The Morgan fingerprint density at radius 3 is 2.20 bits per heavy atom. The lowest BCUT2D eigenvalue weighted by molar-refractivity contribution is -0.149. The molecule has 180 valence electrons. The zero-order chi connectivity index (χ0) is 24.9. The highest BCUT2D eigenvalue weighted by Crippen LogP contribution is 2.44. The third kappa shape index (κ3) is 5.14. The Morgan fingerprint density at radius 1 is 1.06 bits per heavy atom. The standard InChI is InChI=1S/C26H23NO7S/c1-16(28)33-14-19-15-35-25-20(13-21(29)32-2)24(30)27(25)22(19)26(31)34-23(17-9-5-3-6-10-17)18-11-7-4-8-12-18/h3-13,23,25H,14-15H2,1-2H3/b20-13-. The van der Waals surface area contributed by atoms with Gasteiger partial charge >= 0.3 is 17.9 Å². The minimum absolute atomic E-state index is 0.0267. The zero-order valence-electron chi connectivity index (χ0n) is 19.1. The molecule has 0 N–H and O–H groups in total. The molecule has 2 aromatic rings. The summed E-state index contributed by atoms with van der Waals surface area (Å²) in [5.41, 5.74) is 2.24. The van der Waals surface area contributed by atoms with Crippen molar-refractivity contribution in [1.82, 2.24) is 4.90 Å². The Hall–Kier alpha value is -3.85. The van der Waals surface area contributed by atoms with E-state index in [2.05, 4.69) is 4.74 Å². The number of carbonyl (C=O) groups is 4. The van der Waals surface area contributed by atoms with Gasteiger partial charge in [0, 0.05) is 24.3 Å². The molecular weight excluding hydrogens is 470 g/mol. The van der Waals surface area contributed by atoms with Crippen LogP contribution in [0, 0.1) is 0 Å². The van der Waals surface area contributed by atoms with Crippen LogP contribution in [0.2, 0.25) is 0 Å². The highest BCUT2D eigenvalue weighted by molar-refractivity contribution is 8.00. The lowest BCUT2D eigenvalue weighted by Crippen LogP contribution is -2.57. The number of esters is 3. The largest absolute Gasteiger partial charge is 0.466 e. The van der Waals surface area contributed by atoms with Crippen LogP contribution in [0.15, 0.2) is 83.6 Å². The molecule has 0 spiro atoms. The molecule has 0 aliphatic carbocycles. The molecule has 1 amide bonds. The van der Waals surface area contributed by atoms with E-state index in [1.807, 2.05) is 60.7 Å². The van der Waals surface area contributed by atoms with E-state index in [1.54, 1.807) is 0 Å². The molecule has 0 bridgehead atoms. The molecule has 8 nitrogen and oxygen atoms in total. The molecule has 1 fully saturated rings. The average Bonchev–Trinajstić information content (AvgIpc) is 2.89. The molecule has 0 aromatic heterocycles. The van der Waals surface area contributed by atoms with Gasteiger partial charge in [0.1, 0.15) is 17.7 Å². The topological polar surface area (TPSA) is 99.2 Å². The highest BCUT2D eigenvalue weighted by Gasteiger charge is 2.50. The van der Waals surface area contributed by atoms with E-state index in [-0.39, 0.29) is 17.9 Å². The maximum Gasteiger partial charge on any atom is 0.356 e. The number of benzene rings is 2. The molecule has 4 rings (SSSR count). The maximum atomic E-state index is 13.6. The molecule has 0 saturated carbocycles. The number of hydrogen-bond donors (Lipinski definition) is 0. The number of thioether (sulfide) groups is 1. The summed E-state index contributed by atoms with van der Waals surface area (Å²) in [5, 5.41) is -0.544. The maximum absolute atomic E-state index is 13.6. The predicted molar refractivity (Wildman–Crippen MR) is 128 cm³/mol. The van der Waals surface area contributed by atoms with Gasteiger partial charge < -0.3 is 14.2 Å². The quantitative estimate of drug-likeness (QED) is 0.251. The number of nitrogens with zero attached hydrogens (tertiary/aromatic N) is 1. The van der Waals surface area contributed by atoms with E-state index in [0.29, 0.717) is 11.3 Å². The summed E-state index contributed by atoms with van der Waals surface area (Å²) in [6.45, 7) is 1.12. The van der Waals surface area contributed by atoms with Gasteiger partial charge in [0.05, 0.1) is 12.7 Å². The lowest BCUT2D eigenvalue weighted by Gasteiger charge is -2.46. The van der Waals surface area contributed by atoms with Crippen LogP contribution in [-0.2, 0) is 33.4 Å². The minimum Gasteiger partial charge on any atom is -0.466 e. The molecule has 2 aromatic carbocycles. The second-order valence-corrected chi connectivity index (χ2v) is 8.87. The summed E-state index contributed by atoms with van der Waals surface area (Å²) in [4.78, 5) is 51.0. The molecule has 2 aliphatic heterocycles. The fraction of sp³-hybridized carbons (Fsp3) is 0.231. The second kappa shape index (κ2) is 10.6. The first-order valence-electron chi connectivity index (χ1n) is 10.8. The van der Waals surface area contributed by atoms with E-state index in [9.17, 15) is 19.2 Å². The van der Waals surface area contributed by atoms with Crippen LogP contribution in [-0.4, -0.2) is 53.6 Å². The van der Waals surface area contributed by atoms with E-state index in [4.69, 9.17) is 9.47 Å². The van der Waals surface area contributed by atoms with Gasteiger partial charge in [0.25, 0.3) is 5.91 Å². The number of β-lactam (4-membered cyclic amide) rings is 1. The van der Waals surface area contributed by atoms with E-state index < -0.39 is 35.3 Å². The number of methoxy groups -OCH3 is 1. The lowest BCUT2D eigenvalue weighted by atomic mass is 10.00. The van der Waals surface area contributed by atoms with Gasteiger partial charge in [-0.3, -0.25) is 14.5 Å². The van der Waals surface area contributed by atoms with Gasteiger partial charge in [-0.15, -0.1) is 11.8 Å². The Labute approximate surface area is 206 Å². The number of fused-ring (bicyclic) bond motifs is 1. The molecule has 9 heteroatoms. The van der Waals surface area contributed by atoms with Crippen molar-refractivity contribution in [3.05, 3.63) is 94.7 Å². The van der Waals surface area contributed by atoms with Crippen molar-refractivity contribution in [2.45, 2.75) is 18.4 Å². The number of hydrogen-bond acceptors (Lipinski definition) is 8. The molecule has 1 unspecified atom stereocenters. The molecule has 1 atom stereocenters. The number of amides is 1. The fourth-order valence-corrected chi connectivity index (χ4v) is 5.11. The number of rotatable bonds is 7. The number of carbonyl (C=O) groups excluding carboxylic acids is 4. The minimum atomic E-state index is -0.722. The van der Waals surface area contributed by atoms with Crippen molar-refractivity contribution in [3.63, 3.8) is 0 Å². The van der Waals surface area contributed by atoms with Gasteiger partial charge in [-0.1, -0.05) is 60.7 Å². The van der Waals surface area contributed by atoms with Crippen molar-refractivity contribution < 1.29 is 33.4 Å². The van der Waals surface area contributed by atoms with E-state index >= 15 is 0 Å². The van der Waals surface area contributed by atoms with E-state index in [1.165, 1.54) is 30.7 Å². The number of ether oxygens (including phenoxy) is 3. The van der Waals surface area contributed by atoms with Gasteiger partial charge in [0.15, 0.2) is 6.10 Å². The van der Waals surface area contributed by atoms with Crippen LogP contribution >= 0.6 is 11.8 Å². The van der Waals surface area contributed by atoms with E-state index in [0.717, 1.165) is 17.2 Å². The summed E-state index contributed by atoms with van der Waals surface area (Å²) >= 11 is 1.34. The summed E-state index contributed by atoms with van der Waals surface area (Å²) in [5.74, 6) is -2.08. The third-order valence-corrected chi connectivity index (χ3v) is 6.80. The van der Waals surface area contributed by atoms with Gasteiger partial charge in [-0.2, -0.15) is 0 Å².